The number of hydrogen-bond donors (Lipinski definition) is 2. The first kappa shape index (κ1) is 33.6. The van der Waals surface area contributed by atoms with Crippen molar-refractivity contribution in [3.63, 3.8) is 0 Å². The van der Waals surface area contributed by atoms with Gasteiger partial charge in [-0.25, -0.2) is 0 Å². The Balaban J connectivity index is 2.92. The molecule has 3 heteroatoms. The van der Waals surface area contributed by atoms with Gasteiger partial charge in [-0.2, -0.15) is 0 Å². The third-order valence-corrected chi connectivity index (χ3v) is 8.02. The molecule has 0 atom stereocenters. The molecule has 216 valence electrons. The fourth-order valence-corrected chi connectivity index (χ4v) is 5.69. The number of rotatable bonds is 25. The van der Waals surface area contributed by atoms with Crippen molar-refractivity contribution in [3.8, 4) is 17.2 Å². The zero-order valence-electron chi connectivity index (χ0n) is 25.3. The zero-order chi connectivity index (χ0) is 27.1. The number of ether oxygens (including phenoxy) is 1. The molecule has 37 heavy (non-hydrogen) atoms. The highest BCUT2D eigenvalue weighted by molar-refractivity contribution is 5.62. The molecule has 3 nitrogen and oxygen atoms in total. The van der Waals surface area contributed by atoms with Gasteiger partial charge in [-0.1, -0.05) is 136 Å². The molecule has 0 fully saturated rings. The molecule has 0 aliphatic heterocycles. The van der Waals surface area contributed by atoms with Crippen LogP contribution in [0.4, 0.5) is 0 Å². The van der Waals surface area contributed by atoms with Crippen LogP contribution in [0.2, 0.25) is 0 Å². The maximum atomic E-state index is 11.0. The Labute approximate surface area is 230 Å². The van der Waals surface area contributed by atoms with Crippen LogP contribution in [0.3, 0.4) is 0 Å². The van der Waals surface area contributed by atoms with Gasteiger partial charge in [-0.15, -0.1) is 0 Å². The summed E-state index contributed by atoms with van der Waals surface area (Å²) in [4.78, 5) is 0. The van der Waals surface area contributed by atoms with Gasteiger partial charge in [0.05, 0.1) is 7.11 Å². The van der Waals surface area contributed by atoms with E-state index in [1.807, 2.05) is 0 Å². The second-order valence-electron chi connectivity index (χ2n) is 11.3. The van der Waals surface area contributed by atoms with E-state index in [0.29, 0.717) is 5.75 Å². The quantitative estimate of drug-likeness (QED) is 0.0999. The van der Waals surface area contributed by atoms with Crippen molar-refractivity contribution in [1.29, 1.82) is 0 Å². The number of methoxy groups -OCH3 is 1. The highest BCUT2D eigenvalue weighted by Gasteiger charge is 2.23. The Hall–Kier alpha value is -1.38. The number of unbranched alkanes of at least 4 members (excludes halogenated alkanes) is 18. The first-order valence-corrected chi connectivity index (χ1v) is 16.2. The van der Waals surface area contributed by atoms with E-state index in [0.717, 1.165) is 49.7 Å². The first-order valence-electron chi connectivity index (χ1n) is 16.2. The number of hydrogen-bond acceptors (Lipinski definition) is 3. The van der Waals surface area contributed by atoms with Gasteiger partial charge in [0.2, 0.25) is 5.75 Å². The summed E-state index contributed by atoms with van der Waals surface area (Å²) in [6, 6.07) is 0. The summed E-state index contributed by atoms with van der Waals surface area (Å²) in [6.07, 6.45) is 29.4. The maximum Gasteiger partial charge on any atom is 0.201 e. The van der Waals surface area contributed by atoms with Gasteiger partial charge in [-0.3, -0.25) is 0 Å². The molecule has 1 aromatic carbocycles. The predicted octanol–water partition coefficient (Wildman–Crippen LogP) is 11.0. The van der Waals surface area contributed by atoms with Crippen molar-refractivity contribution in [2.24, 2.45) is 0 Å². The second-order valence-corrected chi connectivity index (χ2v) is 11.3. The molecule has 0 saturated heterocycles. The Kier molecular flexibility index (Phi) is 20.5. The molecule has 0 aliphatic rings. The largest absolute Gasteiger partial charge is 0.504 e. The van der Waals surface area contributed by atoms with Crippen LogP contribution in [0, 0.1) is 0 Å². The molecule has 0 aliphatic carbocycles. The zero-order valence-corrected chi connectivity index (χ0v) is 25.3. The van der Waals surface area contributed by atoms with Crippen LogP contribution in [0.1, 0.15) is 172 Å². The Morgan fingerprint density at radius 3 is 1.11 bits per heavy atom. The second kappa shape index (κ2) is 22.6. The lowest BCUT2D eigenvalue weighted by molar-refractivity contribution is 0.343. The van der Waals surface area contributed by atoms with E-state index >= 15 is 0 Å². The summed E-state index contributed by atoms with van der Waals surface area (Å²) in [5.41, 5.74) is 3.43. The van der Waals surface area contributed by atoms with Crippen LogP contribution in [0.25, 0.3) is 0 Å². The van der Waals surface area contributed by atoms with Crippen molar-refractivity contribution in [3.05, 3.63) is 16.7 Å². The van der Waals surface area contributed by atoms with Crippen molar-refractivity contribution < 1.29 is 14.9 Å². The molecule has 0 radical (unpaired) electrons. The predicted molar refractivity (Wildman–Crippen MR) is 161 cm³/mol. The third-order valence-electron chi connectivity index (χ3n) is 8.02. The van der Waals surface area contributed by atoms with Crippen LogP contribution in [-0.2, 0) is 19.3 Å². The molecule has 0 bridgehead atoms. The van der Waals surface area contributed by atoms with Crippen LogP contribution >= 0.6 is 0 Å². The molecule has 0 aromatic heterocycles. The number of phenolic OH excluding ortho intramolecular Hbond substituents is 2. The fourth-order valence-electron chi connectivity index (χ4n) is 5.69. The normalized spacial score (nSPS) is 11.4. The van der Waals surface area contributed by atoms with Crippen molar-refractivity contribution in [1.82, 2.24) is 0 Å². The standard InChI is InChI=1S/C34H62O3/c1-5-8-11-14-17-20-23-26-29-30(27-24-21-18-15-12-9-6-2)32(35)33(36)34(37-4)31(29)28-25-22-19-16-13-10-7-3/h35-36H,5-28H2,1-4H3. The summed E-state index contributed by atoms with van der Waals surface area (Å²) >= 11 is 0. The van der Waals surface area contributed by atoms with Gasteiger partial charge in [0.1, 0.15) is 0 Å². The number of phenols is 2. The summed E-state index contributed by atoms with van der Waals surface area (Å²) in [5, 5.41) is 21.9. The number of benzene rings is 1. The van der Waals surface area contributed by atoms with Crippen LogP contribution < -0.4 is 4.74 Å². The minimum Gasteiger partial charge on any atom is -0.504 e. The average molecular weight is 519 g/mol. The van der Waals surface area contributed by atoms with E-state index in [-0.39, 0.29) is 11.5 Å². The highest BCUT2D eigenvalue weighted by atomic mass is 16.5. The lowest BCUT2D eigenvalue weighted by Gasteiger charge is -2.22. The molecule has 1 rings (SSSR count). The van der Waals surface area contributed by atoms with E-state index in [9.17, 15) is 10.2 Å². The van der Waals surface area contributed by atoms with Gasteiger partial charge >= 0.3 is 0 Å². The summed E-state index contributed by atoms with van der Waals surface area (Å²) in [7, 11) is 1.64. The minimum atomic E-state index is -0.0401. The van der Waals surface area contributed by atoms with Gasteiger partial charge in [-0.05, 0) is 44.1 Å². The highest BCUT2D eigenvalue weighted by Crippen LogP contribution is 2.45. The Bertz CT molecular complexity index is 682. The summed E-state index contributed by atoms with van der Waals surface area (Å²) in [6.45, 7) is 6.79. The lowest BCUT2D eigenvalue weighted by atomic mass is 9.88. The van der Waals surface area contributed by atoms with Crippen LogP contribution in [-0.4, -0.2) is 17.3 Å². The van der Waals surface area contributed by atoms with Gasteiger partial charge in [0, 0.05) is 11.1 Å². The fraction of sp³-hybridized carbons (Fsp3) is 0.824. The lowest BCUT2D eigenvalue weighted by Crippen LogP contribution is -2.06. The van der Waals surface area contributed by atoms with Crippen molar-refractivity contribution >= 4 is 0 Å². The first-order chi connectivity index (χ1) is 18.1. The van der Waals surface area contributed by atoms with E-state index < -0.39 is 0 Å². The average Bonchev–Trinajstić information content (AvgIpc) is 2.90. The molecule has 0 heterocycles. The van der Waals surface area contributed by atoms with Crippen molar-refractivity contribution in [2.45, 2.75) is 175 Å². The molecule has 0 amide bonds. The molecule has 0 spiro atoms. The van der Waals surface area contributed by atoms with Gasteiger partial charge in [0.15, 0.2) is 11.5 Å². The monoisotopic (exact) mass is 518 g/mol. The van der Waals surface area contributed by atoms with E-state index in [1.165, 1.54) is 121 Å². The third kappa shape index (κ3) is 13.8. The molecular weight excluding hydrogens is 456 g/mol. The van der Waals surface area contributed by atoms with Gasteiger partial charge in [0.25, 0.3) is 0 Å². The van der Waals surface area contributed by atoms with Crippen LogP contribution in [0.15, 0.2) is 0 Å². The molecule has 0 saturated carbocycles. The SMILES string of the molecule is CCCCCCCCCc1c(O)c(O)c(OC)c(CCCCCCCCC)c1CCCCCCCCC. The summed E-state index contributed by atoms with van der Waals surface area (Å²) < 4.78 is 5.71. The summed E-state index contributed by atoms with van der Waals surface area (Å²) in [5.74, 6) is 0.551. The van der Waals surface area contributed by atoms with Crippen LogP contribution in [0.5, 0.6) is 17.2 Å². The number of aromatic hydroxyl groups is 2. The molecule has 1 aromatic rings. The topological polar surface area (TPSA) is 49.7 Å². The van der Waals surface area contributed by atoms with Gasteiger partial charge < -0.3 is 14.9 Å². The van der Waals surface area contributed by atoms with E-state index in [4.69, 9.17) is 4.74 Å². The molecular formula is C34H62O3. The Morgan fingerprint density at radius 1 is 0.405 bits per heavy atom. The van der Waals surface area contributed by atoms with Crippen molar-refractivity contribution in [2.75, 3.05) is 7.11 Å². The maximum absolute atomic E-state index is 11.0. The van der Waals surface area contributed by atoms with E-state index in [2.05, 4.69) is 20.8 Å². The smallest absolute Gasteiger partial charge is 0.201 e. The minimum absolute atomic E-state index is 0.0401. The molecule has 0 unspecified atom stereocenters. The van der Waals surface area contributed by atoms with E-state index in [1.54, 1.807) is 7.11 Å². The molecule has 2 N–H and O–H groups in total. The Morgan fingerprint density at radius 2 is 0.730 bits per heavy atom.